The van der Waals surface area contributed by atoms with Gasteiger partial charge >= 0.3 is 0 Å². The minimum Gasteiger partial charge on any atom is -0.486 e. The van der Waals surface area contributed by atoms with Crippen LogP contribution in [-0.2, 0) is 0 Å². The molecular formula is C14H22N2O2. The fourth-order valence-electron chi connectivity index (χ4n) is 1.97. The zero-order valence-corrected chi connectivity index (χ0v) is 11.2. The maximum absolute atomic E-state index is 5.61. The molecule has 100 valence electrons. The normalized spacial score (nSPS) is 14.4. The molecule has 0 fully saturated rings. The molecule has 1 aliphatic heterocycles. The van der Waals surface area contributed by atoms with Gasteiger partial charge in [0.25, 0.3) is 0 Å². The van der Waals surface area contributed by atoms with Crippen LogP contribution in [0.15, 0.2) is 18.2 Å². The molecule has 0 saturated carbocycles. The molecule has 1 aliphatic rings. The van der Waals surface area contributed by atoms with Crippen molar-refractivity contribution < 1.29 is 9.47 Å². The highest BCUT2D eigenvalue weighted by Gasteiger charge is 2.17. The molecule has 0 atom stereocenters. The van der Waals surface area contributed by atoms with Crippen LogP contribution in [0.25, 0.3) is 0 Å². The molecule has 0 bridgehead atoms. The summed E-state index contributed by atoms with van der Waals surface area (Å²) in [4.78, 5) is 0. The third-order valence-electron chi connectivity index (χ3n) is 3.13. The first-order valence-electron chi connectivity index (χ1n) is 6.44. The van der Waals surface area contributed by atoms with E-state index in [1.54, 1.807) is 0 Å². The average Bonchev–Trinajstić information content (AvgIpc) is 2.36. The fourth-order valence-corrected chi connectivity index (χ4v) is 1.97. The summed E-state index contributed by atoms with van der Waals surface area (Å²) in [5, 5.41) is 3.43. The first-order valence-corrected chi connectivity index (χ1v) is 6.44. The predicted molar refractivity (Wildman–Crippen MR) is 73.4 cm³/mol. The second-order valence-corrected chi connectivity index (χ2v) is 5.41. The van der Waals surface area contributed by atoms with Gasteiger partial charge in [-0.3, -0.25) is 0 Å². The summed E-state index contributed by atoms with van der Waals surface area (Å²) < 4.78 is 11.1. The third kappa shape index (κ3) is 3.29. The van der Waals surface area contributed by atoms with Gasteiger partial charge in [0.15, 0.2) is 11.5 Å². The van der Waals surface area contributed by atoms with Gasteiger partial charge in [0.1, 0.15) is 13.2 Å². The van der Waals surface area contributed by atoms with Crippen molar-refractivity contribution in [2.45, 2.75) is 20.3 Å². The number of benzene rings is 1. The molecule has 0 unspecified atom stereocenters. The van der Waals surface area contributed by atoms with Gasteiger partial charge in [0.2, 0.25) is 0 Å². The molecule has 0 spiro atoms. The van der Waals surface area contributed by atoms with Crippen LogP contribution in [0.2, 0.25) is 0 Å². The molecule has 18 heavy (non-hydrogen) atoms. The van der Waals surface area contributed by atoms with Crippen LogP contribution in [0.1, 0.15) is 20.3 Å². The fraction of sp³-hybridized carbons (Fsp3) is 0.571. The highest BCUT2D eigenvalue weighted by atomic mass is 16.6. The molecule has 0 radical (unpaired) electrons. The second-order valence-electron chi connectivity index (χ2n) is 5.41. The first-order chi connectivity index (χ1) is 8.61. The Morgan fingerprint density at radius 3 is 2.67 bits per heavy atom. The molecule has 0 amide bonds. The molecule has 1 heterocycles. The van der Waals surface area contributed by atoms with Crippen molar-refractivity contribution in [1.29, 1.82) is 0 Å². The average molecular weight is 250 g/mol. The van der Waals surface area contributed by atoms with E-state index in [-0.39, 0.29) is 5.41 Å². The highest BCUT2D eigenvalue weighted by molar-refractivity contribution is 5.55. The van der Waals surface area contributed by atoms with Crippen molar-refractivity contribution >= 4 is 5.69 Å². The number of fused-ring (bicyclic) bond motifs is 1. The summed E-state index contributed by atoms with van der Waals surface area (Å²) in [6, 6.07) is 5.96. The number of hydrogen-bond acceptors (Lipinski definition) is 4. The first kappa shape index (κ1) is 13.0. The molecule has 2 rings (SSSR count). The lowest BCUT2D eigenvalue weighted by atomic mass is 9.89. The summed E-state index contributed by atoms with van der Waals surface area (Å²) in [5.74, 6) is 1.65. The SMILES string of the molecule is CC(C)(CCN)CNc1ccc2c(c1)OCCO2. The van der Waals surface area contributed by atoms with E-state index < -0.39 is 0 Å². The lowest BCUT2D eigenvalue weighted by Gasteiger charge is -2.25. The van der Waals surface area contributed by atoms with E-state index >= 15 is 0 Å². The van der Waals surface area contributed by atoms with Gasteiger partial charge in [-0.1, -0.05) is 13.8 Å². The van der Waals surface area contributed by atoms with Gasteiger partial charge in [-0.15, -0.1) is 0 Å². The van der Waals surface area contributed by atoms with Crippen LogP contribution in [0.3, 0.4) is 0 Å². The molecule has 4 heteroatoms. The van der Waals surface area contributed by atoms with Crippen molar-refractivity contribution in [3.63, 3.8) is 0 Å². The van der Waals surface area contributed by atoms with Crippen molar-refractivity contribution in [3.05, 3.63) is 18.2 Å². The number of anilines is 1. The van der Waals surface area contributed by atoms with Gasteiger partial charge in [0.05, 0.1) is 0 Å². The summed E-state index contributed by atoms with van der Waals surface area (Å²) in [6.07, 6.45) is 1.00. The van der Waals surface area contributed by atoms with E-state index in [2.05, 4.69) is 19.2 Å². The zero-order chi connectivity index (χ0) is 13.0. The molecule has 4 nitrogen and oxygen atoms in total. The minimum atomic E-state index is 0.196. The Morgan fingerprint density at radius 1 is 1.22 bits per heavy atom. The van der Waals surface area contributed by atoms with Crippen molar-refractivity contribution in [1.82, 2.24) is 0 Å². The second kappa shape index (κ2) is 5.48. The van der Waals surface area contributed by atoms with Crippen molar-refractivity contribution in [2.75, 3.05) is 31.6 Å². The molecular weight excluding hydrogens is 228 g/mol. The van der Waals surface area contributed by atoms with Gasteiger partial charge in [0, 0.05) is 18.3 Å². The van der Waals surface area contributed by atoms with E-state index in [9.17, 15) is 0 Å². The Morgan fingerprint density at radius 2 is 1.94 bits per heavy atom. The smallest absolute Gasteiger partial charge is 0.163 e. The summed E-state index contributed by atoms with van der Waals surface area (Å²) in [7, 11) is 0. The minimum absolute atomic E-state index is 0.196. The maximum atomic E-state index is 5.61. The van der Waals surface area contributed by atoms with Crippen LogP contribution >= 0.6 is 0 Å². The van der Waals surface area contributed by atoms with Gasteiger partial charge < -0.3 is 20.5 Å². The van der Waals surface area contributed by atoms with Gasteiger partial charge in [-0.2, -0.15) is 0 Å². The van der Waals surface area contributed by atoms with Crippen molar-refractivity contribution in [2.24, 2.45) is 11.1 Å². The Balaban J connectivity index is 1.98. The molecule has 1 aromatic carbocycles. The summed E-state index contributed by atoms with van der Waals surface area (Å²) >= 11 is 0. The molecule has 3 N–H and O–H groups in total. The third-order valence-corrected chi connectivity index (χ3v) is 3.13. The standard InChI is InChI=1S/C14H22N2O2/c1-14(2,5-6-15)10-16-11-3-4-12-13(9-11)18-8-7-17-12/h3-4,9,16H,5-8,10,15H2,1-2H3. The van der Waals surface area contributed by atoms with Crippen molar-refractivity contribution in [3.8, 4) is 11.5 Å². The van der Waals surface area contributed by atoms with Crippen LogP contribution in [0.5, 0.6) is 11.5 Å². The largest absolute Gasteiger partial charge is 0.486 e. The van der Waals surface area contributed by atoms with Crippen LogP contribution in [0, 0.1) is 5.41 Å². The van der Waals surface area contributed by atoms with E-state index in [1.165, 1.54) is 0 Å². The Hall–Kier alpha value is -1.42. The molecule has 0 aliphatic carbocycles. The number of ether oxygens (including phenoxy) is 2. The van der Waals surface area contributed by atoms with Crippen LogP contribution in [-0.4, -0.2) is 26.3 Å². The molecule has 0 saturated heterocycles. The van der Waals surface area contributed by atoms with E-state index in [1.807, 2.05) is 18.2 Å². The quantitative estimate of drug-likeness (QED) is 0.841. The lowest BCUT2D eigenvalue weighted by Crippen LogP contribution is -2.26. The highest BCUT2D eigenvalue weighted by Crippen LogP contribution is 2.33. The summed E-state index contributed by atoms with van der Waals surface area (Å²) in [5.41, 5.74) is 6.87. The Bertz CT molecular complexity index is 405. The zero-order valence-electron chi connectivity index (χ0n) is 11.2. The number of rotatable bonds is 5. The Labute approximate surface area is 108 Å². The van der Waals surface area contributed by atoms with Crippen LogP contribution < -0.4 is 20.5 Å². The van der Waals surface area contributed by atoms with E-state index in [0.717, 1.165) is 36.7 Å². The number of nitrogens with two attached hydrogens (primary N) is 1. The van der Waals surface area contributed by atoms with Gasteiger partial charge in [-0.05, 0) is 30.5 Å². The van der Waals surface area contributed by atoms with E-state index in [0.29, 0.717) is 13.2 Å². The Kier molecular flexibility index (Phi) is 3.97. The number of nitrogens with one attached hydrogen (secondary N) is 1. The van der Waals surface area contributed by atoms with E-state index in [4.69, 9.17) is 15.2 Å². The molecule has 1 aromatic rings. The van der Waals surface area contributed by atoms with Crippen LogP contribution in [0.4, 0.5) is 5.69 Å². The topological polar surface area (TPSA) is 56.5 Å². The number of hydrogen-bond donors (Lipinski definition) is 2. The monoisotopic (exact) mass is 250 g/mol. The van der Waals surface area contributed by atoms with Gasteiger partial charge in [-0.25, -0.2) is 0 Å². The molecule has 0 aromatic heterocycles. The lowest BCUT2D eigenvalue weighted by molar-refractivity contribution is 0.171. The summed E-state index contributed by atoms with van der Waals surface area (Å²) in [6.45, 7) is 7.29. The predicted octanol–water partition coefficient (Wildman–Crippen LogP) is 2.24. The maximum Gasteiger partial charge on any atom is 0.163 e.